The van der Waals surface area contributed by atoms with Crippen LogP contribution >= 0.6 is 0 Å². The van der Waals surface area contributed by atoms with Crippen molar-refractivity contribution in [3.05, 3.63) is 12.2 Å². The molecule has 1 aliphatic heterocycles. The SMILES string of the molecule is O=C[C@@H]1COC[C@@H]1C/C=C\CCCC(=O)O. The zero-order chi connectivity index (χ0) is 11.8. The Hall–Kier alpha value is -1.16. The minimum atomic E-state index is -0.751. The summed E-state index contributed by atoms with van der Waals surface area (Å²) < 4.78 is 5.23. The topological polar surface area (TPSA) is 63.6 Å². The number of unbranched alkanes of at least 4 members (excludes halogenated alkanes) is 1. The van der Waals surface area contributed by atoms with Gasteiger partial charge >= 0.3 is 5.97 Å². The number of carboxylic acids is 1. The van der Waals surface area contributed by atoms with Crippen LogP contribution < -0.4 is 0 Å². The molecular formula is C12H18O4. The number of hydrogen-bond donors (Lipinski definition) is 1. The molecule has 0 aromatic carbocycles. The van der Waals surface area contributed by atoms with Gasteiger partial charge in [0, 0.05) is 12.3 Å². The highest BCUT2D eigenvalue weighted by Crippen LogP contribution is 2.22. The fourth-order valence-corrected chi connectivity index (χ4v) is 1.77. The normalized spacial score (nSPS) is 25.0. The van der Waals surface area contributed by atoms with Gasteiger partial charge in [-0.05, 0) is 25.2 Å². The first-order valence-electron chi connectivity index (χ1n) is 5.64. The van der Waals surface area contributed by atoms with Gasteiger partial charge in [-0.2, -0.15) is 0 Å². The minimum absolute atomic E-state index is 0.0312. The number of carbonyl (C=O) groups is 2. The molecule has 0 aliphatic carbocycles. The second kappa shape index (κ2) is 7.17. The highest BCUT2D eigenvalue weighted by atomic mass is 16.5. The summed E-state index contributed by atoms with van der Waals surface area (Å²) in [6, 6.07) is 0. The summed E-state index contributed by atoms with van der Waals surface area (Å²) in [7, 11) is 0. The van der Waals surface area contributed by atoms with Crippen molar-refractivity contribution in [2.75, 3.05) is 13.2 Å². The third-order valence-corrected chi connectivity index (χ3v) is 2.79. The molecule has 0 radical (unpaired) electrons. The van der Waals surface area contributed by atoms with E-state index in [0.717, 1.165) is 19.1 Å². The Bertz CT molecular complexity index is 260. The lowest BCUT2D eigenvalue weighted by atomic mass is 9.94. The van der Waals surface area contributed by atoms with E-state index in [1.807, 2.05) is 12.2 Å². The molecule has 0 unspecified atom stereocenters. The van der Waals surface area contributed by atoms with Gasteiger partial charge in [0.1, 0.15) is 6.29 Å². The Kier molecular flexibility index (Phi) is 5.78. The standard InChI is InChI=1S/C12H18O4/c13-7-11-9-16-8-10(11)5-3-1-2-4-6-12(14)15/h1,3,7,10-11H,2,4-6,8-9H2,(H,14,15)/b3-1-/t10-,11+/m0/s1. The molecule has 0 spiro atoms. The predicted octanol–water partition coefficient (Wildman–Crippen LogP) is 1.65. The monoisotopic (exact) mass is 226 g/mol. The van der Waals surface area contributed by atoms with Gasteiger partial charge in [0.25, 0.3) is 0 Å². The molecular weight excluding hydrogens is 208 g/mol. The molecule has 1 aliphatic rings. The number of hydrogen-bond acceptors (Lipinski definition) is 3. The van der Waals surface area contributed by atoms with Crippen LogP contribution in [0.15, 0.2) is 12.2 Å². The molecule has 16 heavy (non-hydrogen) atoms. The van der Waals surface area contributed by atoms with Crippen molar-refractivity contribution in [3.63, 3.8) is 0 Å². The highest BCUT2D eigenvalue weighted by molar-refractivity contribution is 5.66. The maximum absolute atomic E-state index is 10.7. The fraction of sp³-hybridized carbons (Fsp3) is 0.667. The molecule has 0 bridgehead atoms. The zero-order valence-corrected chi connectivity index (χ0v) is 9.30. The van der Waals surface area contributed by atoms with Crippen LogP contribution in [0.1, 0.15) is 25.7 Å². The molecule has 0 saturated carbocycles. The van der Waals surface area contributed by atoms with E-state index in [1.54, 1.807) is 0 Å². The Labute approximate surface area is 95.3 Å². The average molecular weight is 226 g/mol. The van der Waals surface area contributed by atoms with Crippen molar-refractivity contribution in [1.82, 2.24) is 0 Å². The van der Waals surface area contributed by atoms with E-state index in [9.17, 15) is 9.59 Å². The summed E-state index contributed by atoms with van der Waals surface area (Å²) in [6.45, 7) is 1.20. The molecule has 1 heterocycles. The van der Waals surface area contributed by atoms with E-state index in [1.165, 1.54) is 0 Å². The van der Waals surface area contributed by atoms with Crippen LogP contribution in [0.2, 0.25) is 0 Å². The van der Waals surface area contributed by atoms with Gasteiger partial charge < -0.3 is 14.6 Å². The summed E-state index contributed by atoms with van der Waals surface area (Å²) in [5.74, 6) is -0.421. The molecule has 4 heteroatoms. The Morgan fingerprint density at radius 2 is 2.19 bits per heavy atom. The van der Waals surface area contributed by atoms with E-state index in [0.29, 0.717) is 25.6 Å². The van der Waals surface area contributed by atoms with Gasteiger partial charge in [-0.25, -0.2) is 0 Å². The Balaban J connectivity index is 2.11. The highest BCUT2D eigenvalue weighted by Gasteiger charge is 2.26. The van der Waals surface area contributed by atoms with Crippen LogP contribution in [-0.2, 0) is 14.3 Å². The number of allylic oxidation sites excluding steroid dienone is 2. The van der Waals surface area contributed by atoms with Crippen molar-refractivity contribution >= 4 is 12.3 Å². The number of aldehydes is 1. The lowest BCUT2D eigenvalue weighted by Crippen LogP contribution is -2.12. The average Bonchev–Trinajstić information content (AvgIpc) is 2.70. The third-order valence-electron chi connectivity index (χ3n) is 2.79. The van der Waals surface area contributed by atoms with Crippen LogP contribution in [0.5, 0.6) is 0 Å². The number of carbonyl (C=O) groups excluding carboxylic acids is 1. The lowest BCUT2D eigenvalue weighted by molar-refractivity contribution is -0.137. The van der Waals surface area contributed by atoms with Gasteiger partial charge in [-0.15, -0.1) is 0 Å². The fourth-order valence-electron chi connectivity index (χ4n) is 1.77. The van der Waals surface area contributed by atoms with Crippen LogP contribution in [0.4, 0.5) is 0 Å². The first-order valence-corrected chi connectivity index (χ1v) is 5.64. The first kappa shape index (κ1) is 12.9. The van der Waals surface area contributed by atoms with Crippen LogP contribution in [0, 0.1) is 11.8 Å². The van der Waals surface area contributed by atoms with Gasteiger partial charge in [-0.1, -0.05) is 12.2 Å². The Morgan fingerprint density at radius 1 is 1.38 bits per heavy atom. The molecule has 2 atom stereocenters. The summed E-state index contributed by atoms with van der Waals surface area (Å²) in [5, 5.41) is 8.43. The van der Waals surface area contributed by atoms with E-state index >= 15 is 0 Å². The van der Waals surface area contributed by atoms with Crippen LogP contribution in [0.25, 0.3) is 0 Å². The summed E-state index contributed by atoms with van der Waals surface area (Å²) in [5.41, 5.74) is 0. The van der Waals surface area contributed by atoms with Gasteiger partial charge in [-0.3, -0.25) is 4.79 Å². The first-order chi connectivity index (χ1) is 7.74. The molecule has 1 fully saturated rings. The third kappa shape index (κ3) is 4.57. The molecule has 0 aromatic rings. The number of aliphatic carboxylic acids is 1. The van der Waals surface area contributed by atoms with E-state index in [4.69, 9.17) is 9.84 Å². The smallest absolute Gasteiger partial charge is 0.303 e. The summed E-state index contributed by atoms with van der Waals surface area (Å²) in [4.78, 5) is 20.9. The molecule has 0 amide bonds. The Morgan fingerprint density at radius 3 is 2.88 bits per heavy atom. The van der Waals surface area contributed by atoms with E-state index in [-0.39, 0.29) is 12.3 Å². The van der Waals surface area contributed by atoms with Crippen molar-refractivity contribution in [3.8, 4) is 0 Å². The zero-order valence-electron chi connectivity index (χ0n) is 9.30. The minimum Gasteiger partial charge on any atom is -0.481 e. The van der Waals surface area contributed by atoms with Gasteiger partial charge in [0.15, 0.2) is 0 Å². The molecule has 0 aromatic heterocycles. The van der Waals surface area contributed by atoms with Crippen molar-refractivity contribution in [2.45, 2.75) is 25.7 Å². The van der Waals surface area contributed by atoms with Gasteiger partial charge in [0.2, 0.25) is 0 Å². The quantitative estimate of drug-likeness (QED) is 0.407. The molecule has 1 N–H and O–H groups in total. The number of ether oxygens (including phenoxy) is 1. The summed E-state index contributed by atoms with van der Waals surface area (Å²) >= 11 is 0. The molecule has 1 saturated heterocycles. The van der Waals surface area contributed by atoms with Gasteiger partial charge in [0.05, 0.1) is 13.2 Å². The van der Waals surface area contributed by atoms with Crippen LogP contribution in [-0.4, -0.2) is 30.6 Å². The van der Waals surface area contributed by atoms with Crippen molar-refractivity contribution in [2.24, 2.45) is 11.8 Å². The largest absolute Gasteiger partial charge is 0.481 e. The van der Waals surface area contributed by atoms with E-state index in [2.05, 4.69) is 0 Å². The second-order valence-electron chi connectivity index (χ2n) is 4.09. The maximum atomic E-state index is 10.7. The lowest BCUT2D eigenvalue weighted by Gasteiger charge is -2.07. The van der Waals surface area contributed by atoms with E-state index < -0.39 is 5.97 Å². The maximum Gasteiger partial charge on any atom is 0.303 e. The van der Waals surface area contributed by atoms with Crippen molar-refractivity contribution in [1.29, 1.82) is 0 Å². The molecule has 90 valence electrons. The van der Waals surface area contributed by atoms with Crippen LogP contribution in [0.3, 0.4) is 0 Å². The molecule has 4 nitrogen and oxygen atoms in total. The van der Waals surface area contributed by atoms with Crippen molar-refractivity contribution < 1.29 is 19.4 Å². The second-order valence-corrected chi connectivity index (χ2v) is 4.09. The number of rotatable bonds is 7. The predicted molar refractivity (Wildman–Crippen MR) is 59.1 cm³/mol. The summed E-state index contributed by atoms with van der Waals surface area (Å²) in [6.07, 6.45) is 7.50. The molecule has 1 rings (SSSR count). The number of carboxylic acid groups (broad SMARTS) is 1.